The second-order valence-electron chi connectivity index (χ2n) is 5.97. The van der Waals surface area contributed by atoms with Gasteiger partial charge in [-0.15, -0.1) is 0 Å². The highest BCUT2D eigenvalue weighted by molar-refractivity contribution is 5.05. The fraction of sp³-hybridized carbons (Fsp3) is 1.00. The second kappa shape index (κ2) is 4.63. The molecule has 1 atom stereocenters. The predicted molar refractivity (Wildman–Crippen MR) is 66.3 cm³/mol. The van der Waals surface area contributed by atoms with E-state index in [4.69, 9.17) is 10.5 Å². The van der Waals surface area contributed by atoms with Crippen molar-refractivity contribution in [3.8, 4) is 0 Å². The Balaban J connectivity index is 1.95. The molecule has 1 saturated carbocycles. The van der Waals surface area contributed by atoms with Crippen LogP contribution in [0.1, 0.15) is 33.1 Å². The van der Waals surface area contributed by atoms with Gasteiger partial charge in [0.15, 0.2) is 0 Å². The Morgan fingerprint density at radius 2 is 2.12 bits per heavy atom. The van der Waals surface area contributed by atoms with Gasteiger partial charge in [-0.1, -0.05) is 13.8 Å². The number of hydrogen-bond donors (Lipinski definition) is 1. The third-order valence-corrected chi connectivity index (χ3v) is 4.81. The summed E-state index contributed by atoms with van der Waals surface area (Å²) in [6.07, 6.45) is 3.72. The summed E-state index contributed by atoms with van der Waals surface area (Å²) in [5.74, 6) is 1.67. The van der Waals surface area contributed by atoms with Crippen molar-refractivity contribution in [3.05, 3.63) is 0 Å². The Morgan fingerprint density at radius 1 is 1.44 bits per heavy atom. The molecular weight excluding hydrogens is 200 g/mol. The Labute approximate surface area is 99.3 Å². The van der Waals surface area contributed by atoms with Gasteiger partial charge in [0.05, 0.1) is 6.61 Å². The second-order valence-corrected chi connectivity index (χ2v) is 5.97. The number of likely N-dealkylation sites (N-methyl/N-ethyl adjacent to an activating group) is 1. The van der Waals surface area contributed by atoms with Gasteiger partial charge < -0.3 is 10.5 Å². The predicted octanol–water partition coefficient (Wildman–Crippen LogP) is 1.47. The topological polar surface area (TPSA) is 38.5 Å². The minimum Gasteiger partial charge on any atom is -0.380 e. The standard InChI is InChI=1S/C13H26N2O/c1-10(2)11-6-13(7-11,9-14)15(3)12-4-5-16-8-12/h10-12H,4-9,14H2,1-3H3. The van der Waals surface area contributed by atoms with Crippen LogP contribution in [0.5, 0.6) is 0 Å². The summed E-state index contributed by atoms with van der Waals surface area (Å²) in [6, 6.07) is 0.594. The van der Waals surface area contributed by atoms with E-state index in [-0.39, 0.29) is 5.54 Å². The molecule has 0 amide bonds. The first-order chi connectivity index (χ1) is 7.59. The van der Waals surface area contributed by atoms with Gasteiger partial charge in [0.25, 0.3) is 0 Å². The Morgan fingerprint density at radius 3 is 2.56 bits per heavy atom. The summed E-state index contributed by atoms with van der Waals surface area (Å²) < 4.78 is 5.48. The minimum atomic E-state index is 0.271. The molecule has 0 radical (unpaired) electrons. The molecule has 0 bridgehead atoms. The highest BCUT2D eigenvalue weighted by atomic mass is 16.5. The van der Waals surface area contributed by atoms with E-state index in [1.807, 2.05) is 0 Å². The van der Waals surface area contributed by atoms with Crippen molar-refractivity contribution in [1.29, 1.82) is 0 Å². The van der Waals surface area contributed by atoms with E-state index < -0.39 is 0 Å². The molecule has 1 aliphatic heterocycles. The van der Waals surface area contributed by atoms with Gasteiger partial charge >= 0.3 is 0 Å². The fourth-order valence-electron chi connectivity index (χ4n) is 3.20. The molecule has 2 rings (SSSR count). The molecule has 2 fully saturated rings. The maximum absolute atomic E-state index is 6.02. The summed E-state index contributed by atoms with van der Waals surface area (Å²) in [6.45, 7) is 7.25. The van der Waals surface area contributed by atoms with E-state index in [1.165, 1.54) is 19.3 Å². The van der Waals surface area contributed by atoms with Gasteiger partial charge in [0.1, 0.15) is 0 Å². The zero-order valence-corrected chi connectivity index (χ0v) is 10.9. The van der Waals surface area contributed by atoms with Crippen LogP contribution >= 0.6 is 0 Å². The molecule has 1 saturated heterocycles. The van der Waals surface area contributed by atoms with Crippen molar-refractivity contribution in [2.45, 2.75) is 44.7 Å². The van der Waals surface area contributed by atoms with E-state index in [1.54, 1.807) is 0 Å². The molecule has 1 aliphatic carbocycles. The SMILES string of the molecule is CC(C)C1CC(CN)(N(C)C2CCOC2)C1. The summed E-state index contributed by atoms with van der Waals surface area (Å²) in [5, 5.41) is 0. The highest BCUT2D eigenvalue weighted by Gasteiger charge is 2.49. The van der Waals surface area contributed by atoms with E-state index in [2.05, 4.69) is 25.8 Å². The number of ether oxygens (including phenoxy) is 1. The lowest BCUT2D eigenvalue weighted by Gasteiger charge is -2.55. The number of hydrogen-bond acceptors (Lipinski definition) is 3. The maximum atomic E-state index is 6.02. The first-order valence-electron chi connectivity index (χ1n) is 6.60. The average molecular weight is 226 g/mol. The molecule has 0 aromatic rings. The van der Waals surface area contributed by atoms with Crippen molar-refractivity contribution in [2.24, 2.45) is 17.6 Å². The van der Waals surface area contributed by atoms with Gasteiger partial charge in [0, 0.05) is 24.7 Å². The molecule has 94 valence electrons. The van der Waals surface area contributed by atoms with Crippen LogP contribution in [0.3, 0.4) is 0 Å². The van der Waals surface area contributed by atoms with Crippen molar-refractivity contribution >= 4 is 0 Å². The molecule has 1 unspecified atom stereocenters. The van der Waals surface area contributed by atoms with Crippen LogP contribution in [0.25, 0.3) is 0 Å². The maximum Gasteiger partial charge on any atom is 0.0622 e. The van der Waals surface area contributed by atoms with Crippen molar-refractivity contribution < 1.29 is 4.74 Å². The lowest BCUT2D eigenvalue weighted by molar-refractivity contribution is -0.0442. The third-order valence-electron chi connectivity index (χ3n) is 4.81. The van der Waals surface area contributed by atoms with Crippen molar-refractivity contribution in [3.63, 3.8) is 0 Å². The molecular formula is C13H26N2O. The molecule has 0 aromatic heterocycles. The Kier molecular flexibility index (Phi) is 3.57. The largest absolute Gasteiger partial charge is 0.380 e. The lowest BCUT2D eigenvalue weighted by Crippen LogP contribution is -2.63. The molecule has 3 heteroatoms. The normalized spacial score (nSPS) is 39.4. The molecule has 16 heavy (non-hydrogen) atoms. The smallest absolute Gasteiger partial charge is 0.0622 e. The summed E-state index contributed by atoms with van der Waals surface area (Å²) in [5.41, 5.74) is 6.29. The number of nitrogens with zero attached hydrogens (tertiary/aromatic N) is 1. The van der Waals surface area contributed by atoms with Crippen LogP contribution in [0.4, 0.5) is 0 Å². The first-order valence-corrected chi connectivity index (χ1v) is 6.60. The first kappa shape index (κ1) is 12.3. The fourth-order valence-corrected chi connectivity index (χ4v) is 3.20. The average Bonchev–Trinajstić information content (AvgIpc) is 2.68. The van der Waals surface area contributed by atoms with Gasteiger partial charge in [-0.25, -0.2) is 0 Å². The molecule has 0 aromatic carbocycles. The van der Waals surface area contributed by atoms with Crippen molar-refractivity contribution in [2.75, 3.05) is 26.8 Å². The van der Waals surface area contributed by atoms with Gasteiger partial charge in [-0.05, 0) is 38.1 Å². The van der Waals surface area contributed by atoms with Gasteiger partial charge in [0.2, 0.25) is 0 Å². The van der Waals surface area contributed by atoms with Crippen molar-refractivity contribution in [1.82, 2.24) is 4.90 Å². The van der Waals surface area contributed by atoms with Crippen LogP contribution in [0, 0.1) is 11.8 Å². The molecule has 3 nitrogen and oxygen atoms in total. The monoisotopic (exact) mass is 226 g/mol. The summed E-state index contributed by atoms with van der Waals surface area (Å²) >= 11 is 0. The minimum absolute atomic E-state index is 0.271. The van der Waals surface area contributed by atoms with E-state index in [9.17, 15) is 0 Å². The Hall–Kier alpha value is -0.120. The number of nitrogens with two attached hydrogens (primary N) is 1. The summed E-state index contributed by atoms with van der Waals surface area (Å²) in [4.78, 5) is 2.51. The molecule has 2 aliphatic rings. The van der Waals surface area contributed by atoms with Crippen LogP contribution < -0.4 is 5.73 Å². The zero-order valence-electron chi connectivity index (χ0n) is 10.9. The van der Waals surface area contributed by atoms with Crippen LogP contribution in [-0.2, 0) is 4.74 Å². The molecule has 1 heterocycles. The van der Waals surface area contributed by atoms with Gasteiger partial charge in [-0.2, -0.15) is 0 Å². The third kappa shape index (κ3) is 2.01. The van der Waals surface area contributed by atoms with Crippen LogP contribution in [-0.4, -0.2) is 43.3 Å². The quantitative estimate of drug-likeness (QED) is 0.789. The molecule has 2 N–H and O–H groups in total. The molecule has 0 spiro atoms. The van der Waals surface area contributed by atoms with E-state index in [0.717, 1.165) is 31.6 Å². The number of rotatable bonds is 4. The Bertz CT molecular complexity index is 230. The van der Waals surface area contributed by atoms with E-state index >= 15 is 0 Å². The zero-order chi connectivity index (χ0) is 11.8. The van der Waals surface area contributed by atoms with E-state index in [0.29, 0.717) is 6.04 Å². The summed E-state index contributed by atoms with van der Waals surface area (Å²) in [7, 11) is 2.24. The highest BCUT2D eigenvalue weighted by Crippen LogP contribution is 2.46. The lowest BCUT2D eigenvalue weighted by atomic mass is 9.63. The van der Waals surface area contributed by atoms with Crippen LogP contribution in [0.15, 0.2) is 0 Å². The van der Waals surface area contributed by atoms with Crippen LogP contribution in [0.2, 0.25) is 0 Å². The van der Waals surface area contributed by atoms with Gasteiger partial charge in [-0.3, -0.25) is 4.90 Å².